The van der Waals surface area contributed by atoms with Gasteiger partial charge in [-0.2, -0.15) is 0 Å². The fourth-order valence-electron chi connectivity index (χ4n) is 3.37. The normalized spacial score (nSPS) is 10.6. The van der Waals surface area contributed by atoms with Gasteiger partial charge in [-0.3, -0.25) is 4.79 Å². The van der Waals surface area contributed by atoms with Crippen molar-refractivity contribution >= 4 is 28.3 Å². The van der Waals surface area contributed by atoms with Gasteiger partial charge in [0.15, 0.2) is 11.5 Å². The standard InChI is InChI=1S/C25H25N5O4/c1-30(2)17-9-10-26-23(12-17)29-24(31)11-16-5-7-18(8-6-16)34-25-19-13-21(32-3)22(33-4)14-20(19)27-15-28-25/h5-10,12-15H,11H2,1-4H3,(H,26,29,31). The lowest BCUT2D eigenvalue weighted by atomic mass is 10.1. The fourth-order valence-corrected chi connectivity index (χ4v) is 3.37. The predicted octanol–water partition coefficient (Wildman–Crippen LogP) is 4.08. The minimum absolute atomic E-state index is 0.153. The molecule has 2 aromatic heterocycles. The molecule has 0 saturated carbocycles. The Balaban J connectivity index is 1.45. The second-order valence-corrected chi connectivity index (χ2v) is 7.67. The zero-order valence-electron chi connectivity index (χ0n) is 19.4. The molecule has 34 heavy (non-hydrogen) atoms. The van der Waals surface area contributed by atoms with Crippen LogP contribution in [0.2, 0.25) is 0 Å². The van der Waals surface area contributed by atoms with Crippen molar-refractivity contribution in [3.8, 4) is 23.1 Å². The summed E-state index contributed by atoms with van der Waals surface area (Å²) in [4.78, 5) is 27.2. The molecule has 0 radical (unpaired) electrons. The molecule has 0 aliphatic rings. The number of hydrogen-bond acceptors (Lipinski definition) is 8. The number of nitrogens with zero attached hydrogens (tertiary/aromatic N) is 4. The third-order valence-corrected chi connectivity index (χ3v) is 5.13. The van der Waals surface area contributed by atoms with E-state index in [0.717, 1.165) is 11.3 Å². The molecule has 4 aromatic rings. The number of pyridine rings is 1. The van der Waals surface area contributed by atoms with Crippen LogP contribution >= 0.6 is 0 Å². The van der Waals surface area contributed by atoms with Gasteiger partial charge in [0, 0.05) is 38.1 Å². The van der Waals surface area contributed by atoms with E-state index in [-0.39, 0.29) is 12.3 Å². The first-order valence-electron chi connectivity index (χ1n) is 10.5. The minimum atomic E-state index is -0.153. The summed E-state index contributed by atoms with van der Waals surface area (Å²) < 4.78 is 16.7. The van der Waals surface area contributed by atoms with Crippen molar-refractivity contribution in [3.05, 3.63) is 66.6 Å². The molecule has 1 amide bonds. The average molecular weight is 460 g/mol. The number of amides is 1. The highest BCUT2D eigenvalue weighted by Crippen LogP contribution is 2.35. The lowest BCUT2D eigenvalue weighted by Crippen LogP contribution is -2.16. The van der Waals surface area contributed by atoms with E-state index in [0.29, 0.717) is 39.8 Å². The first kappa shape index (κ1) is 22.8. The minimum Gasteiger partial charge on any atom is -0.493 e. The van der Waals surface area contributed by atoms with E-state index < -0.39 is 0 Å². The Morgan fingerprint density at radius 3 is 2.38 bits per heavy atom. The number of aromatic nitrogens is 3. The lowest BCUT2D eigenvalue weighted by molar-refractivity contribution is -0.115. The molecule has 0 spiro atoms. The second kappa shape index (κ2) is 10.0. The van der Waals surface area contributed by atoms with Gasteiger partial charge in [-0.05, 0) is 29.8 Å². The summed E-state index contributed by atoms with van der Waals surface area (Å²) in [5.74, 6) is 2.47. The molecule has 0 aliphatic carbocycles. The van der Waals surface area contributed by atoms with Gasteiger partial charge < -0.3 is 24.4 Å². The second-order valence-electron chi connectivity index (χ2n) is 7.67. The highest BCUT2D eigenvalue weighted by molar-refractivity contribution is 5.91. The number of rotatable bonds is 8. The third kappa shape index (κ3) is 5.15. The van der Waals surface area contributed by atoms with Crippen molar-refractivity contribution in [3.63, 3.8) is 0 Å². The van der Waals surface area contributed by atoms with Gasteiger partial charge in [0.1, 0.15) is 17.9 Å². The van der Waals surface area contributed by atoms with Gasteiger partial charge in [-0.25, -0.2) is 15.0 Å². The van der Waals surface area contributed by atoms with E-state index >= 15 is 0 Å². The van der Waals surface area contributed by atoms with Crippen LogP contribution < -0.4 is 24.4 Å². The van der Waals surface area contributed by atoms with Crippen molar-refractivity contribution in [2.24, 2.45) is 0 Å². The summed E-state index contributed by atoms with van der Waals surface area (Å²) in [5.41, 5.74) is 2.47. The maximum absolute atomic E-state index is 12.5. The van der Waals surface area contributed by atoms with Crippen LogP contribution in [0.25, 0.3) is 10.9 Å². The maximum Gasteiger partial charge on any atom is 0.230 e. The smallest absolute Gasteiger partial charge is 0.230 e. The number of hydrogen-bond donors (Lipinski definition) is 1. The number of nitrogens with one attached hydrogen (secondary N) is 1. The number of ether oxygens (including phenoxy) is 3. The molecule has 2 aromatic carbocycles. The van der Waals surface area contributed by atoms with Crippen molar-refractivity contribution in [1.29, 1.82) is 0 Å². The van der Waals surface area contributed by atoms with Crippen LogP contribution in [0.1, 0.15) is 5.56 Å². The van der Waals surface area contributed by atoms with Crippen LogP contribution in [0.15, 0.2) is 61.1 Å². The van der Waals surface area contributed by atoms with Crippen LogP contribution in [-0.2, 0) is 11.2 Å². The average Bonchev–Trinajstić information content (AvgIpc) is 2.84. The van der Waals surface area contributed by atoms with E-state index in [1.165, 1.54) is 6.33 Å². The monoisotopic (exact) mass is 459 g/mol. The molecule has 2 heterocycles. The zero-order valence-corrected chi connectivity index (χ0v) is 19.4. The Hall–Kier alpha value is -4.40. The van der Waals surface area contributed by atoms with Gasteiger partial charge in [-0.1, -0.05) is 12.1 Å². The molecule has 9 heteroatoms. The lowest BCUT2D eigenvalue weighted by Gasteiger charge is -2.13. The van der Waals surface area contributed by atoms with Gasteiger partial charge in [0.25, 0.3) is 0 Å². The first-order chi connectivity index (χ1) is 16.5. The van der Waals surface area contributed by atoms with Crippen molar-refractivity contribution in [1.82, 2.24) is 15.0 Å². The SMILES string of the molecule is COc1cc2ncnc(Oc3ccc(CC(=O)Nc4cc(N(C)C)ccn4)cc3)c2cc1OC. The van der Waals surface area contributed by atoms with E-state index in [1.807, 2.05) is 43.3 Å². The molecule has 0 aliphatic heterocycles. The molecular weight excluding hydrogens is 434 g/mol. The Kier molecular flexibility index (Phi) is 6.72. The molecule has 9 nitrogen and oxygen atoms in total. The third-order valence-electron chi connectivity index (χ3n) is 5.13. The summed E-state index contributed by atoms with van der Waals surface area (Å²) in [5, 5.41) is 3.52. The Labute approximate surface area is 197 Å². The summed E-state index contributed by atoms with van der Waals surface area (Å²) in [6.45, 7) is 0. The largest absolute Gasteiger partial charge is 0.493 e. The van der Waals surface area contributed by atoms with Gasteiger partial charge >= 0.3 is 0 Å². The Bertz CT molecular complexity index is 1310. The van der Waals surface area contributed by atoms with Crippen LogP contribution in [0.5, 0.6) is 23.1 Å². The van der Waals surface area contributed by atoms with Gasteiger partial charge in [0.2, 0.25) is 11.8 Å². The van der Waals surface area contributed by atoms with E-state index in [9.17, 15) is 4.79 Å². The first-order valence-corrected chi connectivity index (χ1v) is 10.5. The van der Waals surface area contributed by atoms with Crippen LogP contribution in [0.4, 0.5) is 11.5 Å². The number of anilines is 2. The summed E-state index contributed by atoms with van der Waals surface area (Å²) in [6, 6.07) is 14.5. The number of carbonyl (C=O) groups excluding carboxylic acids is 1. The number of fused-ring (bicyclic) bond motifs is 1. The van der Waals surface area contributed by atoms with Crippen LogP contribution in [0, 0.1) is 0 Å². The molecule has 1 N–H and O–H groups in total. The number of carbonyl (C=O) groups is 1. The number of benzene rings is 2. The summed E-state index contributed by atoms with van der Waals surface area (Å²) >= 11 is 0. The summed E-state index contributed by atoms with van der Waals surface area (Å²) in [7, 11) is 7.00. The highest BCUT2D eigenvalue weighted by Gasteiger charge is 2.13. The van der Waals surface area contributed by atoms with Crippen LogP contribution in [-0.4, -0.2) is 49.2 Å². The number of methoxy groups -OCH3 is 2. The highest BCUT2D eigenvalue weighted by atomic mass is 16.5. The van der Waals surface area contributed by atoms with E-state index in [1.54, 1.807) is 44.7 Å². The zero-order chi connectivity index (χ0) is 24.1. The van der Waals surface area contributed by atoms with Crippen molar-refractivity contribution in [2.75, 3.05) is 38.5 Å². The Morgan fingerprint density at radius 2 is 1.68 bits per heavy atom. The maximum atomic E-state index is 12.5. The molecule has 0 atom stereocenters. The molecule has 0 fully saturated rings. The molecule has 174 valence electrons. The molecule has 0 unspecified atom stereocenters. The van der Waals surface area contributed by atoms with E-state index in [4.69, 9.17) is 14.2 Å². The predicted molar refractivity (Wildman–Crippen MR) is 130 cm³/mol. The Morgan fingerprint density at radius 1 is 0.941 bits per heavy atom. The molecule has 0 saturated heterocycles. The summed E-state index contributed by atoms with van der Waals surface area (Å²) in [6.07, 6.45) is 3.31. The van der Waals surface area contributed by atoms with Crippen LogP contribution in [0.3, 0.4) is 0 Å². The molecule has 0 bridgehead atoms. The van der Waals surface area contributed by atoms with Gasteiger partial charge in [-0.15, -0.1) is 0 Å². The fraction of sp³-hybridized carbons (Fsp3) is 0.200. The molecule has 4 rings (SSSR count). The molecular formula is C25H25N5O4. The van der Waals surface area contributed by atoms with Crippen molar-refractivity contribution < 1.29 is 19.0 Å². The van der Waals surface area contributed by atoms with E-state index in [2.05, 4.69) is 20.3 Å². The topological polar surface area (TPSA) is 98.7 Å². The van der Waals surface area contributed by atoms with Crippen molar-refractivity contribution in [2.45, 2.75) is 6.42 Å². The quantitative estimate of drug-likeness (QED) is 0.421. The van der Waals surface area contributed by atoms with Gasteiger partial charge in [0.05, 0.1) is 31.5 Å².